The van der Waals surface area contributed by atoms with E-state index in [1.165, 1.54) is 36.2 Å². The zero-order chi connectivity index (χ0) is 13.5. The third-order valence-corrected chi connectivity index (χ3v) is 4.01. The van der Waals surface area contributed by atoms with Crippen LogP contribution in [0.1, 0.15) is 82.0 Å². The molecule has 0 bridgehead atoms. The minimum Gasteiger partial charge on any atom is -0.257 e. The molecule has 2 rings (SSSR count). The van der Waals surface area contributed by atoms with E-state index in [9.17, 15) is 0 Å². The lowest BCUT2D eigenvalue weighted by atomic mass is 9.81. The molecule has 0 unspecified atom stereocenters. The van der Waals surface area contributed by atoms with Gasteiger partial charge in [-0.05, 0) is 48.3 Å². The summed E-state index contributed by atoms with van der Waals surface area (Å²) in [6.07, 6.45) is 4.83. The van der Waals surface area contributed by atoms with Gasteiger partial charge in [0.15, 0.2) is 0 Å². The number of rotatable bonds is 2. The largest absolute Gasteiger partial charge is 0.257 e. The van der Waals surface area contributed by atoms with Gasteiger partial charge in [0, 0.05) is 16.8 Å². The van der Waals surface area contributed by atoms with Crippen LogP contribution in [0.15, 0.2) is 0 Å². The Morgan fingerprint density at radius 2 is 1.83 bits per heavy atom. The van der Waals surface area contributed by atoms with Gasteiger partial charge in [0.2, 0.25) is 0 Å². The molecule has 0 radical (unpaired) electrons. The minimum atomic E-state index is 0.159. The molecule has 0 atom stereocenters. The van der Waals surface area contributed by atoms with Crippen molar-refractivity contribution in [3.63, 3.8) is 0 Å². The van der Waals surface area contributed by atoms with Crippen LogP contribution in [0.25, 0.3) is 0 Å². The molecule has 0 aromatic carbocycles. The van der Waals surface area contributed by atoms with E-state index >= 15 is 0 Å². The zero-order valence-corrected chi connectivity index (χ0v) is 12.9. The summed E-state index contributed by atoms with van der Waals surface area (Å²) in [5.41, 5.74) is 7.61. The number of fused-ring (bicyclic) bond motifs is 1. The van der Waals surface area contributed by atoms with E-state index in [2.05, 4.69) is 41.5 Å². The molecule has 1 aromatic rings. The number of nitrogens with zero attached hydrogens (tertiary/aromatic N) is 1. The van der Waals surface area contributed by atoms with Gasteiger partial charge in [0.1, 0.15) is 0 Å². The highest BCUT2D eigenvalue weighted by Crippen LogP contribution is 2.37. The lowest BCUT2D eigenvalue weighted by molar-refractivity contribution is 0.554. The molecule has 0 saturated heterocycles. The van der Waals surface area contributed by atoms with Crippen LogP contribution in [0.2, 0.25) is 0 Å². The number of hydrogen-bond acceptors (Lipinski definition) is 1. The van der Waals surface area contributed by atoms with Crippen LogP contribution < -0.4 is 0 Å². The summed E-state index contributed by atoms with van der Waals surface area (Å²) in [4.78, 5) is 5.04. The summed E-state index contributed by atoms with van der Waals surface area (Å²) in [7, 11) is 0. The third-order valence-electron chi connectivity index (χ3n) is 4.01. The Morgan fingerprint density at radius 1 is 1.17 bits per heavy atom. The second kappa shape index (κ2) is 4.68. The average molecular weight is 245 g/mol. The summed E-state index contributed by atoms with van der Waals surface area (Å²) in [6, 6.07) is 0. The molecule has 100 valence electrons. The molecule has 0 amide bonds. The van der Waals surface area contributed by atoms with Crippen molar-refractivity contribution in [1.82, 2.24) is 4.98 Å². The SMILES string of the molecule is CCc1c(C(C)(C)C)nc2c(c1C(C)C)CCC2. The molecule has 18 heavy (non-hydrogen) atoms. The fourth-order valence-corrected chi connectivity index (χ4v) is 3.33. The highest BCUT2D eigenvalue weighted by Gasteiger charge is 2.28. The molecule has 1 heteroatoms. The Labute approximate surface area is 112 Å². The minimum absolute atomic E-state index is 0.159. The molecule has 1 nitrogen and oxygen atoms in total. The first-order valence-electron chi connectivity index (χ1n) is 7.41. The first-order chi connectivity index (χ1) is 8.36. The van der Waals surface area contributed by atoms with Gasteiger partial charge in [-0.2, -0.15) is 0 Å². The monoisotopic (exact) mass is 245 g/mol. The normalized spacial score (nSPS) is 15.3. The topological polar surface area (TPSA) is 12.9 Å². The second-order valence-corrected chi connectivity index (χ2v) is 6.89. The Bertz CT molecular complexity index is 450. The van der Waals surface area contributed by atoms with Crippen molar-refractivity contribution in [2.45, 2.75) is 78.6 Å². The van der Waals surface area contributed by atoms with E-state index in [1.54, 1.807) is 11.1 Å². The summed E-state index contributed by atoms with van der Waals surface area (Å²) < 4.78 is 0. The van der Waals surface area contributed by atoms with Crippen molar-refractivity contribution in [2.75, 3.05) is 0 Å². The maximum absolute atomic E-state index is 5.04. The van der Waals surface area contributed by atoms with E-state index < -0.39 is 0 Å². The fourth-order valence-electron chi connectivity index (χ4n) is 3.33. The smallest absolute Gasteiger partial charge is 0.0495 e. The van der Waals surface area contributed by atoms with Gasteiger partial charge in [-0.3, -0.25) is 4.98 Å². The number of aromatic nitrogens is 1. The van der Waals surface area contributed by atoms with Crippen LogP contribution in [0.3, 0.4) is 0 Å². The molecule has 0 N–H and O–H groups in total. The highest BCUT2D eigenvalue weighted by atomic mass is 14.8. The maximum Gasteiger partial charge on any atom is 0.0495 e. The van der Waals surface area contributed by atoms with Crippen LogP contribution >= 0.6 is 0 Å². The molecule has 1 aliphatic carbocycles. The third kappa shape index (κ3) is 2.20. The maximum atomic E-state index is 5.04. The van der Waals surface area contributed by atoms with Crippen molar-refractivity contribution in [3.8, 4) is 0 Å². The number of pyridine rings is 1. The second-order valence-electron chi connectivity index (χ2n) is 6.89. The van der Waals surface area contributed by atoms with Gasteiger partial charge in [0.05, 0.1) is 0 Å². The Kier molecular flexibility index (Phi) is 3.53. The predicted molar refractivity (Wildman–Crippen MR) is 78.4 cm³/mol. The van der Waals surface area contributed by atoms with Gasteiger partial charge in [0.25, 0.3) is 0 Å². The quantitative estimate of drug-likeness (QED) is 0.744. The molecular formula is C17H27N. The van der Waals surface area contributed by atoms with E-state index in [-0.39, 0.29) is 5.41 Å². The van der Waals surface area contributed by atoms with Crippen LogP contribution in [-0.2, 0) is 24.7 Å². The average Bonchev–Trinajstić information content (AvgIpc) is 2.72. The van der Waals surface area contributed by atoms with Gasteiger partial charge >= 0.3 is 0 Å². The van der Waals surface area contributed by atoms with Crippen molar-refractivity contribution >= 4 is 0 Å². The Balaban J connectivity index is 2.73. The van der Waals surface area contributed by atoms with Gasteiger partial charge in [-0.1, -0.05) is 41.5 Å². The summed E-state index contributed by atoms with van der Waals surface area (Å²) in [6.45, 7) is 13.8. The lowest BCUT2D eigenvalue weighted by Gasteiger charge is -2.27. The first-order valence-corrected chi connectivity index (χ1v) is 7.41. The van der Waals surface area contributed by atoms with E-state index in [0.29, 0.717) is 5.92 Å². The molecule has 0 saturated carbocycles. The zero-order valence-electron chi connectivity index (χ0n) is 12.9. The van der Waals surface area contributed by atoms with Gasteiger partial charge < -0.3 is 0 Å². The van der Waals surface area contributed by atoms with Crippen LogP contribution in [0, 0.1) is 0 Å². The molecule has 1 aliphatic rings. The van der Waals surface area contributed by atoms with Crippen molar-refractivity contribution in [1.29, 1.82) is 0 Å². The number of hydrogen-bond donors (Lipinski definition) is 0. The van der Waals surface area contributed by atoms with E-state index in [0.717, 1.165) is 6.42 Å². The van der Waals surface area contributed by atoms with Crippen molar-refractivity contribution in [2.24, 2.45) is 0 Å². The van der Waals surface area contributed by atoms with Crippen LogP contribution in [0.5, 0.6) is 0 Å². The molecule has 0 spiro atoms. The standard InChI is InChI=1S/C17H27N/c1-7-12-15(11(2)3)13-9-8-10-14(13)18-16(12)17(4,5)6/h11H,7-10H2,1-6H3. The molecule has 1 aromatic heterocycles. The molecule has 0 aliphatic heterocycles. The Hall–Kier alpha value is -0.850. The van der Waals surface area contributed by atoms with Crippen molar-refractivity contribution in [3.05, 3.63) is 28.1 Å². The summed E-state index contributed by atoms with van der Waals surface area (Å²) in [5, 5.41) is 0. The van der Waals surface area contributed by atoms with Crippen LogP contribution in [0.4, 0.5) is 0 Å². The summed E-state index contributed by atoms with van der Waals surface area (Å²) >= 11 is 0. The Morgan fingerprint density at radius 3 is 2.33 bits per heavy atom. The molecule has 0 fully saturated rings. The first kappa shape index (κ1) is 13.6. The predicted octanol–water partition coefficient (Wildman–Crippen LogP) is 4.55. The van der Waals surface area contributed by atoms with Crippen molar-refractivity contribution < 1.29 is 0 Å². The fraction of sp³-hybridized carbons (Fsp3) is 0.706. The van der Waals surface area contributed by atoms with E-state index in [4.69, 9.17) is 4.98 Å². The van der Waals surface area contributed by atoms with Gasteiger partial charge in [-0.15, -0.1) is 0 Å². The summed E-state index contributed by atoms with van der Waals surface area (Å²) in [5.74, 6) is 0.621. The lowest BCUT2D eigenvalue weighted by Crippen LogP contribution is -2.20. The van der Waals surface area contributed by atoms with Gasteiger partial charge in [-0.25, -0.2) is 0 Å². The highest BCUT2D eigenvalue weighted by molar-refractivity contribution is 5.46. The molecular weight excluding hydrogens is 218 g/mol. The number of aryl methyl sites for hydroxylation is 1. The molecule has 1 heterocycles. The van der Waals surface area contributed by atoms with Crippen LogP contribution in [-0.4, -0.2) is 4.98 Å². The van der Waals surface area contributed by atoms with E-state index in [1.807, 2.05) is 0 Å².